The Morgan fingerprint density at radius 3 is 2.25 bits per heavy atom. The summed E-state index contributed by atoms with van der Waals surface area (Å²) in [5, 5.41) is 0.481. The predicted octanol–water partition coefficient (Wildman–Crippen LogP) is 2.31. The van der Waals surface area contributed by atoms with E-state index in [2.05, 4.69) is 4.72 Å². The quantitative estimate of drug-likeness (QED) is 0.612. The number of amides is 1. The van der Waals surface area contributed by atoms with Crippen LogP contribution >= 0.6 is 11.6 Å². The van der Waals surface area contributed by atoms with E-state index in [0.717, 1.165) is 0 Å². The van der Waals surface area contributed by atoms with Gasteiger partial charge < -0.3 is 9.64 Å². The molecule has 32 heavy (non-hydrogen) atoms. The molecule has 1 aliphatic heterocycles. The molecule has 0 spiro atoms. The number of nitrogens with one attached hydrogen (secondary N) is 1. The number of hydrogen-bond donors (Lipinski definition) is 1. The fourth-order valence-corrected chi connectivity index (χ4v) is 4.98. The molecule has 1 heterocycles. The van der Waals surface area contributed by atoms with E-state index >= 15 is 0 Å². The lowest BCUT2D eigenvalue weighted by Gasteiger charge is -2.38. The van der Waals surface area contributed by atoms with Gasteiger partial charge in [-0.3, -0.25) is 9.69 Å². The SMILES string of the molecule is CCNS(=O)(=O)c1ccc(C(=O)N2CCN(C(C(=O)OC)c3ccccc3Cl)CC2)cc1. The summed E-state index contributed by atoms with van der Waals surface area (Å²) in [6.07, 6.45) is 0. The summed E-state index contributed by atoms with van der Waals surface area (Å²) < 4.78 is 31.6. The van der Waals surface area contributed by atoms with Crippen LogP contribution in [0.5, 0.6) is 0 Å². The lowest BCUT2D eigenvalue weighted by Crippen LogP contribution is -2.51. The van der Waals surface area contributed by atoms with E-state index in [-0.39, 0.29) is 17.3 Å². The van der Waals surface area contributed by atoms with Crippen LogP contribution in [0.15, 0.2) is 53.4 Å². The van der Waals surface area contributed by atoms with Crippen LogP contribution in [-0.2, 0) is 19.6 Å². The van der Waals surface area contributed by atoms with Gasteiger partial charge >= 0.3 is 5.97 Å². The van der Waals surface area contributed by atoms with Crippen LogP contribution in [0.3, 0.4) is 0 Å². The number of benzene rings is 2. The van der Waals surface area contributed by atoms with Crippen molar-refractivity contribution in [2.45, 2.75) is 17.9 Å². The van der Waals surface area contributed by atoms with E-state index in [1.165, 1.54) is 31.4 Å². The zero-order chi connectivity index (χ0) is 23.3. The smallest absolute Gasteiger partial charge is 0.327 e. The van der Waals surface area contributed by atoms with Gasteiger partial charge in [0.1, 0.15) is 6.04 Å². The average molecular weight is 480 g/mol. The largest absolute Gasteiger partial charge is 0.468 e. The zero-order valence-corrected chi connectivity index (χ0v) is 19.5. The number of carbonyl (C=O) groups excluding carboxylic acids is 2. The van der Waals surface area contributed by atoms with Gasteiger partial charge in [-0.2, -0.15) is 0 Å². The Labute approximate surface area is 193 Å². The molecule has 1 saturated heterocycles. The van der Waals surface area contributed by atoms with Crippen molar-refractivity contribution in [3.8, 4) is 0 Å². The van der Waals surface area contributed by atoms with Gasteiger partial charge in [-0.15, -0.1) is 0 Å². The second kappa shape index (κ2) is 10.4. The molecule has 0 aliphatic carbocycles. The molecular weight excluding hydrogens is 454 g/mol. The minimum absolute atomic E-state index is 0.112. The Morgan fingerprint density at radius 2 is 1.69 bits per heavy atom. The third-order valence-electron chi connectivity index (χ3n) is 5.34. The van der Waals surface area contributed by atoms with Crippen molar-refractivity contribution in [1.29, 1.82) is 0 Å². The molecule has 0 radical (unpaired) electrons. The van der Waals surface area contributed by atoms with Gasteiger partial charge in [0.15, 0.2) is 0 Å². The Morgan fingerprint density at radius 1 is 1.06 bits per heavy atom. The van der Waals surface area contributed by atoms with E-state index in [4.69, 9.17) is 16.3 Å². The number of esters is 1. The third kappa shape index (κ3) is 5.29. The first-order valence-corrected chi connectivity index (χ1v) is 12.1. The molecule has 1 atom stereocenters. The Bertz CT molecular complexity index is 1070. The van der Waals surface area contributed by atoms with Crippen molar-refractivity contribution in [2.24, 2.45) is 0 Å². The molecule has 10 heteroatoms. The number of hydrogen-bond acceptors (Lipinski definition) is 6. The molecule has 0 saturated carbocycles. The topological polar surface area (TPSA) is 96.0 Å². The number of halogens is 1. The summed E-state index contributed by atoms with van der Waals surface area (Å²) in [7, 11) is -2.23. The summed E-state index contributed by atoms with van der Waals surface area (Å²) in [6.45, 7) is 3.73. The average Bonchev–Trinajstić information content (AvgIpc) is 2.80. The van der Waals surface area contributed by atoms with Crippen LogP contribution in [0, 0.1) is 0 Å². The van der Waals surface area contributed by atoms with Gasteiger partial charge in [-0.25, -0.2) is 17.9 Å². The second-order valence-electron chi connectivity index (χ2n) is 7.30. The monoisotopic (exact) mass is 479 g/mol. The van der Waals surface area contributed by atoms with Crippen LogP contribution in [0.4, 0.5) is 0 Å². The maximum atomic E-state index is 12.9. The Balaban J connectivity index is 1.70. The zero-order valence-electron chi connectivity index (χ0n) is 18.0. The highest BCUT2D eigenvalue weighted by Crippen LogP contribution is 2.29. The first-order chi connectivity index (χ1) is 15.3. The van der Waals surface area contributed by atoms with E-state index in [1.807, 2.05) is 11.0 Å². The van der Waals surface area contributed by atoms with Gasteiger partial charge in [-0.1, -0.05) is 36.7 Å². The summed E-state index contributed by atoms with van der Waals surface area (Å²) in [6, 6.07) is 12.4. The van der Waals surface area contributed by atoms with Crippen molar-refractivity contribution < 1.29 is 22.7 Å². The van der Waals surface area contributed by atoms with Gasteiger partial charge in [-0.05, 0) is 35.9 Å². The number of sulfonamides is 1. The van der Waals surface area contributed by atoms with Crippen LogP contribution in [0.25, 0.3) is 0 Å². The molecule has 0 bridgehead atoms. The summed E-state index contributed by atoms with van der Waals surface area (Å²) in [4.78, 5) is 29.2. The number of carbonyl (C=O) groups is 2. The van der Waals surface area contributed by atoms with Crippen LogP contribution in [0.2, 0.25) is 5.02 Å². The molecule has 1 unspecified atom stereocenters. The van der Waals surface area contributed by atoms with E-state index in [0.29, 0.717) is 42.3 Å². The maximum absolute atomic E-state index is 12.9. The highest BCUT2D eigenvalue weighted by molar-refractivity contribution is 7.89. The molecule has 2 aromatic carbocycles. The first kappa shape index (κ1) is 24.2. The summed E-state index contributed by atoms with van der Waals surface area (Å²) in [5.74, 6) is -0.597. The number of rotatable bonds is 7. The van der Waals surface area contributed by atoms with Crippen molar-refractivity contribution in [1.82, 2.24) is 14.5 Å². The maximum Gasteiger partial charge on any atom is 0.327 e. The molecule has 1 aliphatic rings. The Hall–Kier alpha value is -2.46. The minimum atomic E-state index is -3.57. The molecule has 172 valence electrons. The van der Waals surface area contributed by atoms with Crippen LogP contribution in [0.1, 0.15) is 28.9 Å². The molecule has 3 rings (SSSR count). The number of piperazine rings is 1. The van der Waals surface area contributed by atoms with E-state index < -0.39 is 22.0 Å². The van der Waals surface area contributed by atoms with Gasteiger partial charge in [0.2, 0.25) is 10.0 Å². The van der Waals surface area contributed by atoms with Crippen LogP contribution < -0.4 is 4.72 Å². The molecule has 8 nitrogen and oxygen atoms in total. The predicted molar refractivity (Wildman–Crippen MR) is 121 cm³/mol. The lowest BCUT2D eigenvalue weighted by molar-refractivity contribution is -0.148. The fourth-order valence-electron chi connectivity index (χ4n) is 3.70. The number of nitrogens with zero attached hydrogens (tertiary/aromatic N) is 2. The number of ether oxygens (including phenoxy) is 1. The van der Waals surface area contributed by atoms with E-state index in [9.17, 15) is 18.0 Å². The van der Waals surface area contributed by atoms with Gasteiger partial charge in [0.25, 0.3) is 5.91 Å². The van der Waals surface area contributed by atoms with Gasteiger partial charge in [0.05, 0.1) is 12.0 Å². The minimum Gasteiger partial charge on any atom is -0.468 e. The summed E-state index contributed by atoms with van der Waals surface area (Å²) >= 11 is 6.32. The molecule has 1 fully saturated rings. The second-order valence-corrected chi connectivity index (χ2v) is 9.48. The van der Waals surface area contributed by atoms with Gasteiger partial charge in [0, 0.05) is 43.3 Å². The van der Waals surface area contributed by atoms with Crippen molar-refractivity contribution in [3.05, 3.63) is 64.7 Å². The molecular formula is C22H26ClN3O5S. The van der Waals surface area contributed by atoms with E-state index in [1.54, 1.807) is 30.0 Å². The highest BCUT2D eigenvalue weighted by Gasteiger charge is 2.33. The Kier molecular flexibility index (Phi) is 7.89. The normalized spacial score (nSPS) is 15.9. The first-order valence-electron chi connectivity index (χ1n) is 10.2. The molecule has 1 N–H and O–H groups in total. The summed E-state index contributed by atoms with van der Waals surface area (Å²) in [5.41, 5.74) is 1.07. The number of methoxy groups -OCH3 is 1. The molecule has 1 amide bonds. The highest BCUT2D eigenvalue weighted by atomic mass is 35.5. The molecule has 0 aromatic heterocycles. The van der Waals surface area contributed by atoms with Crippen molar-refractivity contribution >= 4 is 33.5 Å². The van der Waals surface area contributed by atoms with Crippen LogP contribution in [-0.4, -0.2) is 69.9 Å². The molecule has 2 aromatic rings. The van der Waals surface area contributed by atoms with Crippen molar-refractivity contribution in [3.63, 3.8) is 0 Å². The third-order valence-corrected chi connectivity index (χ3v) is 7.24. The van der Waals surface area contributed by atoms with Crippen molar-refractivity contribution in [2.75, 3.05) is 39.8 Å². The fraction of sp³-hybridized carbons (Fsp3) is 0.364. The standard InChI is InChI=1S/C22H26ClN3O5S/c1-3-24-32(29,30)17-10-8-16(9-11-17)21(27)26-14-12-25(13-15-26)20(22(28)31-2)18-6-4-5-7-19(18)23/h4-11,20,24H,3,12-15H2,1-2H3. The lowest BCUT2D eigenvalue weighted by atomic mass is 10.0.